The lowest BCUT2D eigenvalue weighted by Crippen LogP contribution is -2.24. The summed E-state index contributed by atoms with van der Waals surface area (Å²) in [7, 11) is 1.01. The molecule has 0 radical (unpaired) electrons. The third kappa shape index (κ3) is 3.39. The second kappa shape index (κ2) is 6.78. The number of nitrogens with one attached hydrogen (secondary N) is 1. The standard InChI is InChI=1S/C11H13FN2O6/c1-20-11(17)9-7(13-4-6(16)5-15)2-3-8(10(9)12)14(18)19/h2-3,6,13,15-16H,4-5H2,1H3. The lowest BCUT2D eigenvalue weighted by Gasteiger charge is -2.13. The molecular formula is C11H13FN2O6. The number of nitro benzene ring substituents is 1. The van der Waals surface area contributed by atoms with E-state index in [0.29, 0.717) is 0 Å². The fourth-order valence-corrected chi connectivity index (χ4v) is 1.45. The van der Waals surface area contributed by atoms with Crippen molar-refractivity contribution in [2.75, 3.05) is 25.6 Å². The molecule has 0 saturated heterocycles. The summed E-state index contributed by atoms with van der Waals surface area (Å²) in [5.74, 6) is -2.42. The van der Waals surface area contributed by atoms with Gasteiger partial charge in [0.2, 0.25) is 5.82 Å². The van der Waals surface area contributed by atoms with E-state index < -0.39 is 40.7 Å². The largest absolute Gasteiger partial charge is 0.465 e. The average molecular weight is 288 g/mol. The van der Waals surface area contributed by atoms with E-state index in [-0.39, 0.29) is 12.2 Å². The molecule has 0 aromatic heterocycles. The predicted molar refractivity (Wildman–Crippen MR) is 66.0 cm³/mol. The van der Waals surface area contributed by atoms with Gasteiger partial charge < -0.3 is 20.3 Å². The molecule has 1 aromatic rings. The summed E-state index contributed by atoms with van der Waals surface area (Å²) in [6, 6.07) is 2.01. The van der Waals surface area contributed by atoms with Gasteiger partial charge in [0.25, 0.3) is 0 Å². The molecule has 0 heterocycles. The molecule has 9 heteroatoms. The summed E-state index contributed by atoms with van der Waals surface area (Å²) < 4.78 is 18.3. The molecule has 0 aliphatic carbocycles. The number of halogens is 1. The minimum atomic E-state index is -1.33. The maximum atomic E-state index is 13.9. The number of ether oxygens (including phenoxy) is 1. The van der Waals surface area contributed by atoms with Gasteiger partial charge in [-0.05, 0) is 6.07 Å². The van der Waals surface area contributed by atoms with Crippen LogP contribution >= 0.6 is 0 Å². The molecule has 0 aliphatic heterocycles. The van der Waals surface area contributed by atoms with E-state index >= 15 is 0 Å². The molecule has 3 N–H and O–H groups in total. The van der Waals surface area contributed by atoms with E-state index in [0.717, 1.165) is 19.2 Å². The van der Waals surface area contributed by atoms with Crippen molar-refractivity contribution >= 4 is 17.3 Å². The molecule has 0 fully saturated rings. The van der Waals surface area contributed by atoms with Crippen LogP contribution in [-0.2, 0) is 4.74 Å². The highest BCUT2D eigenvalue weighted by atomic mass is 19.1. The van der Waals surface area contributed by atoms with Crippen LogP contribution in [0.4, 0.5) is 15.8 Å². The Bertz CT molecular complexity index is 522. The third-order valence-electron chi connectivity index (χ3n) is 2.45. The minimum absolute atomic E-state index is 0.0764. The molecule has 1 rings (SSSR count). The van der Waals surface area contributed by atoms with Crippen molar-refractivity contribution in [2.24, 2.45) is 0 Å². The normalized spacial score (nSPS) is 11.8. The summed E-state index contributed by atoms with van der Waals surface area (Å²) in [5, 5.41) is 31.0. The third-order valence-corrected chi connectivity index (χ3v) is 2.45. The number of nitrogens with zero attached hydrogens (tertiary/aromatic N) is 1. The number of anilines is 1. The van der Waals surface area contributed by atoms with Gasteiger partial charge in [-0.1, -0.05) is 0 Å². The summed E-state index contributed by atoms with van der Waals surface area (Å²) in [5.41, 5.74) is -1.57. The Labute approximate surface area is 112 Å². The number of hydrogen-bond donors (Lipinski definition) is 3. The van der Waals surface area contributed by atoms with Crippen LogP contribution in [0.5, 0.6) is 0 Å². The topological polar surface area (TPSA) is 122 Å². The molecule has 0 spiro atoms. The zero-order valence-electron chi connectivity index (χ0n) is 10.5. The Morgan fingerprint density at radius 2 is 2.25 bits per heavy atom. The van der Waals surface area contributed by atoms with Crippen LogP contribution in [0.3, 0.4) is 0 Å². The number of aliphatic hydroxyl groups excluding tert-OH is 2. The second-order valence-corrected chi connectivity index (χ2v) is 3.79. The van der Waals surface area contributed by atoms with Crippen LogP contribution in [0.25, 0.3) is 0 Å². The Hall–Kier alpha value is -2.26. The molecule has 0 aliphatic rings. The van der Waals surface area contributed by atoms with E-state index in [4.69, 9.17) is 5.11 Å². The van der Waals surface area contributed by atoms with Crippen LogP contribution in [0, 0.1) is 15.9 Å². The van der Waals surface area contributed by atoms with Gasteiger partial charge >= 0.3 is 11.7 Å². The Morgan fingerprint density at radius 3 is 2.75 bits per heavy atom. The molecule has 20 heavy (non-hydrogen) atoms. The maximum absolute atomic E-state index is 13.9. The quantitative estimate of drug-likeness (QED) is 0.390. The Morgan fingerprint density at radius 1 is 1.60 bits per heavy atom. The highest BCUT2D eigenvalue weighted by Gasteiger charge is 2.26. The summed E-state index contributed by atoms with van der Waals surface area (Å²) in [4.78, 5) is 21.2. The van der Waals surface area contributed by atoms with Crippen molar-refractivity contribution in [3.63, 3.8) is 0 Å². The van der Waals surface area contributed by atoms with Crippen molar-refractivity contribution in [1.29, 1.82) is 0 Å². The number of nitro groups is 1. The van der Waals surface area contributed by atoms with Crippen molar-refractivity contribution in [3.8, 4) is 0 Å². The van der Waals surface area contributed by atoms with E-state index in [1.807, 2.05) is 0 Å². The van der Waals surface area contributed by atoms with Gasteiger partial charge in [0, 0.05) is 12.6 Å². The Kier molecular flexibility index (Phi) is 5.35. The molecule has 0 bridgehead atoms. The van der Waals surface area contributed by atoms with Crippen LogP contribution in [0.15, 0.2) is 12.1 Å². The number of esters is 1. The van der Waals surface area contributed by atoms with Crippen molar-refractivity contribution in [1.82, 2.24) is 0 Å². The zero-order valence-corrected chi connectivity index (χ0v) is 10.5. The summed E-state index contributed by atoms with van der Waals surface area (Å²) >= 11 is 0. The van der Waals surface area contributed by atoms with E-state index in [1.54, 1.807) is 0 Å². The van der Waals surface area contributed by atoms with E-state index in [1.165, 1.54) is 0 Å². The van der Waals surface area contributed by atoms with Gasteiger partial charge in [0.15, 0.2) is 0 Å². The van der Waals surface area contributed by atoms with Gasteiger partial charge in [-0.25, -0.2) is 4.79 Å². The van der Waals surface area contributed by atoms with Crippen LogP contribution < -0.4 is 5.32 Å². The fourth-order valence-electron chi connectivity index (χ4n) is 1.45. The summed E-state index contributed by atoms with van der Waals surface area (Å²) in [6.45, 7) is -0.701. The van der Waals surface area contributed by atoms with Gasteiger partial charge in [-0.2, -0.15) is 4.39 Å². The molecule has 1 atom stereocenters. The highest BCUT2D eigenvalue weighted by molar-refractivity contribution is 5.96. The minimum Gasteiger partial charge on any atom is -0.465 e. The highest BCUT2D eigenvalue weighted by Crippen LogP contribution is 2.27. The monoisotopic (exact) mass is 288 g/mol. The van der Waals surface area contributed by atoms with Gasteiger partial charge in [-0.3, -0.25) is 10.1 Å². The van der Waals surface area contributed by atoms with Crippen molar-refractivity contribution in [2.45, 2.75) is 6.10 Å². The van der Waals surface area contributed by atoms with Crippen molar-refractivity contribution < 1.29 is 29.1 Å². The lowest BCUT2D eigenvalue weighted by molar-refractivity contribution is -0.387. The number of methoxy groups -OCH3 is 1. The first kappa shape index (κ1) is 15.8. The van der Waals surface area contributed by atoms with Gasteiger partial charge in [0.1, 0.15) is 5.56 Å². The number of carbonyl (C=O) groups excluding carboxylic acids is 1. The lowest BCUT2D eigenvalue weighted by atomic mass is 10.1. The smallest absolute Gasteiger partial charge is 0.343 e. The van der Waals surface area contributed by atoms with Crippen LogP contribution in [0.1, 0.15) is 10.4 Å². The van der Waals surface area contributed by atoms with Crippen LogP contribution in [-0.4, -0.2) is 47.5 Å². The molecule has 0 saturated carbocycles. The fraction of sp³-hybridized carbons (Fsp3) is 0.364. The number of carbonyl (C=O) groups is 1. The molecule has 1 unspecified atom stereocenters. The van der Waals surface area contributed by atoms with E-state index in [2.05, 4.69) is 10.1 Å². The average Bonchev–Trinajstić information content (AvgIpc) is 2.43. The number of benzene rings is 1. The molecule has 8 nitrogen and oxygen atoms in total. The SMILES string of the molecule is COC(=O)c1c(NCC(O)CO)ccc([N+](=O)[O-])c1F. The number of rotatable bonds is 6. The predicted octanol–water partition coefficient (Wildman–Crippen LogP) is 0.286. The Balaban J connectivity index is 3.20. The summed E-state index contributed by atoms with van der Waals surface area (Å²) in [6.07, 6.45) is -1.13. The maximum Gasteiger partial charge on any atom is 0.343 e. The van der Waals surface area contributed by atoms with Gasteiger partial charge in [0.05, 0.1) is 30.4 Å². The van der Waals surface area contributed by atoms with Gasteiger partial charge in [-0.15, -0.1) is 0 Å². The first-order valence-electron chi connectivity index (χ1n) is 5.50. The van der Waals surface area contributed by atoms with Crippen molar-refractivity contribution in [3.05, 3.63) is 33.6 Å². The molecular weight excluding hydrogens is 275 g/mol. The number of aliphatic hydroxyl groups is 2. The first-order valence-corrected chi connectivity index (χ1v) is 5.50. The first-order chi connectivity index (χ1) is 9.42. The van der Waals surface area contributed by atoms with E-state index in [9.17, 15) is 24.4 Å². The number of hydrogen-bond acceptors (Lipinski definition) is 7. The van der Waals surface area contributed by atoms with Crippen LogP contribution in [0.2, 0.25) is 0 Å². The second-order valence-electron chi connectivity index (χ2n) is 3.79. The molecule has 0 amide bonds. The molecule has 1 aromatic carbocycles. The zero-order chi connectivity index (χ0) is 15.3. The molecule has 110 valence electrons.